The van der Waals surface area contributed by atoms with Gasteiger partial charge in [0, 0.05) is 25.0 Å². The van der Waals surface area contributed by atoms with Crippen molar-refractivity contribution >= 4 is 11.9 Å². The minimum atomic E-state index is -0.0892. The Labute approximate surface area is 171 Å². The van der Waals surface area contributed by atoms with E-state index in [0.29, 0.717) is 30.7 Å². The second-order valence-corrected chi connectivity index (χ2v) is 7.58. The first-order valence-corrected chi connectivity index (χ1v) is 10.5. The van der Waals surface area contributed by atoms with Crippen molar-refractivity contribution in [3.05, 3.63) is 42.2 Å². The zero-order valence-corrected chi connectivity index (χ0v) is 16.8. The second-order valence-electron chi connectivity index (χ2n) is 7.58. The number of carbonyl (C=O) groups is 1. The van der Waals surface area contributed by atoms with Crippen LogP contribution < -0.4 is 19.7 Å². The number of amides is 1. The number of rotatable bonds is 7. The normalized spacial score (nSPS) is 19.3. The molecule has 1 amide bonds. The molecule has 29 heavy (non-hydrogen) atoms. The van der Waals surface area contributed by atoms with Gasteiger partial charge in [0.2, 0.25) is 5.95 Å². The van der Waals surface area contributed by atoms with Crippen molar-refractivity contribution < 1.29 is 14.3 Å². The number of anilines is 1. The van der Waals surface area contributed by atoms with E-state index in [1.54, 1.807) is 12.4 Å². The van der Waals surface area contributed by atoms with Gasteiger partial charge in [0.1, 0.15) is 6.10 Å². The van der Waals surface area contributed by atoms with Crippen LogP contribution in [0.3, 0.4) is 0 Å². The summed E-state index contributed by atoms with van der Waals surface area (Å²) < 4.78 is 11.9. The summed E-state index contributed by atoms with van der Waals surface area (Å²) in [6, 6.07) is 8.07. The van der Waals surface area contributed by atoms with Crippen LogP contribution in [0.1, 0.15) is 49.4 Å². The highest BCUT2D eigenvalue weighted by atomic mass is 16.5. The number of carbonyl (C=O) groups excluding carboxylic acids is 1. The number of hydrogen-bond acceptors (Lipinski definition) is 6. The zero-order chi connectivity index (χ0) is 20.1. The van der Waals surface area contributed by atoms with Gasteiger partial charge in [0.05, 0.1) is 18.7 Å². The average molecular weight is 396 g/mol. The van der Waals surface area contributed by atoms with Gasteiger partial charge in [-0.15, -0.1) is 0 Å². The molecule has 1 saturated heterocycles. The standard InChI is InChI=1S/C22H28N4O3/c1-2-28-19-10-3-4-11-20(19)29-18-9-6-12-26(15-18)22-23-13-16(14-24-22)21(27)25-17-7-5-8-17/h3-4,10-11,13-14,17-18H,2,5-9,12,15H2,1H3,(H,25,27). The third-order valence-corrected chi connectivity index (χ3v) is 5.44. The van der Waals surface area contributed by atoms with Crippen LogP contribution in [0.15, 0.2) is 36.7 Å². The van der Waals surface area contributed by atoms with E-state index < -0.39 is 0 Å². The second kappa shape index (κ2) is 9.11. The number of piperidine rings is 1. The molecule has 7 heteroatoms. The monoisotopic (exact) mass is 396 g/mol. The molecule has 0 radical (unpaired) electrons. The number of benzene rings is 1. The van der Waals surface area contributed by atoms with E-state index in [4.69, 9.17) is 9.47 Å². The Bertz CT molecular complexity index is 823. The zero-order valence-electron chi connectivity index (χ0n) is 16.8. The number of para-hydroxylation sites is 2. The molecule has 1 aromatic carbocycles. The van der Waals surface area contributed by atoms with Crippen LogP contribution in [0, 0.1) is 0 Å². The summed E-state index contributed by atoms with van der Waals surface area (Å²) in [6.45, 7) is 4.15. The van der Waals surface area contributed by atoms with Gasteiger partial charge < -0.3 is 19.7 Å². The van der Waals surface area contributed by atoms with Gasteiger partial charge in [-0.05, 0) is 51.2 Å². The van der Waals surface area contributed by atoms with Crippen molar-refractivity contribution in [1.82, 2.24) is 15.3 Å². The van der Waals surface area contributed by atoms with Gasteiger partial charge in [-0.1, -0.05) is 12.1 Å². The summed E-state index contributed by atoms with van der Waals surface area (Å²) in [5.41, 5.74) is 0.510. The molecule has 1 aliphatic heterocycles. The fraction of sp³-hybridized carbons (Fsp3) is 0.500. The van der Waals surface area contributed by atoms with Crippen molar-refractivity contribution in [2.45, 2.75) is 51.2 Å². The summed E-state index contributed by atoms with van der Waals surface area (Å²) in [5.74, 6) is 2.08. The first-order valence-electron chi connectivity index (χ1n) is 10.5. The summed E-state index contributed by atoms with van der Waals surface area (Å²) in [4.78, 5) is 23.2. The van der Waals surface area contributed by atoms with E-state index in [1.165, 1.54) is 6.42 Å². The lowest BCUT2D eigenvalue weighted by molar-refractivity contribution is 0.0916. The Morgan fingerprint density at radius 3 is 2.59 bits per heavy atom. The molecule has 2 fully saturated rings. The summed E-state index contributed by atoms with van der Waals surface area (Å²) in [5, 5.41) is 3.02. The van der Waals surface area contributed by atoms with Crippen molar-refractivity contribution in [3.63, 3.8) is 0 Å². The Morgan fingerprint density at radius 1 is 1.14 bits per heavy atom. The van der Waals surface area contributed by atoms with Gasteiger partial charge in [-0.2, -0.15) is 0 Å². The smallest absolute Gasteiger partial charge is 0.254 e. The lowest BCUT2D eigenvalue weighted by atomic mass is 9.93. The number of nitrogens with one attached hydrogen (secondary N) is 1. The molecular formula is C22H28N4O3. The van der Waals surface area contributed by atoms with E-state index in [9.17, 15) is 4.79 Å². The molecule has 2 aliphatic rings. The molecule has 154 valence electrons. The average Bonchev–Trinajstić information content (AvgIpc) is 2.72. The molecule has 0 bridgehead atoms. The minimum Gasteiger partial charge on any atom is -0.490 e. The maximum Gasteiger partial charge on any atom is 0.254 e. The maximum absolute atomic E-state index is 12.2. The molecule has 2 heterocycles. The first kappa shape index (κ1) is 19.5. The van der Waals surface area contributed by atoms with Crippen LogP contribution >= 0.6 is 0 Å². The molecule has 1 unspecified atom stereocenters. The summed E-state index contributed by atoms with van der Waals surface area (Å²) in [6.07, 6.45) is 8.55. The van der Waals surface area contributed by atoms with Crippen LogP contribution in [-0.4, -0.2) is 47.7 Å². The van der Waals surface area contributed by atoms with E-state index >= 15 is 0 Å². The van der Waals surface area contributed by atoms with Gasteiger partial charge >= 0.3 is 0 Å². The molecule has 0 spiro atoms. The van der Waals surface area contributed by atoms with Crippen molar-refractivity contribution in [2.75, 3.05) is 24.6 Å². The third kappa shape index (κ3) is 4.78. The molecular weight excluding hydrogens is 368 g/mol. The Balaban J connectivity index is 1.37. The molecule has 4 rings (SSSR count). The highest BCUT2D eigenvalue weighted by Crippen LogP contribution is 2.29. The predicted octanol–water partition coefficient (Wildman–Crippen LogP) is 3.21. The van der Waals surface area contributed by atoms with E-state index in [2.05, 4.69) is 20.2 Å². The van der Waals surface area contributed by atoms with Crippen molar-refractivity contribution in [3.8, 4) is 11.5 Å². The fourth-order valence-electron chi connectivity index (χ4n) is 3.64. The summed E-state index contributed by atoms with van der Waals surface area (Å²) in [7, 11) is 0. The highest BCUT2D eigenvalue weighted by Gasteiger charge is 2.25. The number of ether oxygens (including phenoxy) is 2. The number of hydrogen-bond donors (Lipinski definition) is 1. The molecule has 1 aliphatic carbocycles. The minimum absolute atomic E-state index is 0.0375. The van der Waals surface area contributed by atoms with Crippen LogP contribution in [0.4, 0.5) is 5.95 Å². The van der Waals surface area contributed by atoms with Crippen LogP contribution in [0.2, 0.25) is 0 Å². The van der Waals surface area contributed by atoms with Crippen LogP contribution in [-0.2, 0) is 0 Å². The van der Waals surface area contributed by atoms with Gasteiger partial charge in [-0.25, -0.2) is 9.97 Å². The van der Waals surface area contributed by atoms with Gasteiger partial charge in [0.15, 0.2) is 11.5 Å². The van der Waals surface area contributed by atoms with Crippen LogP contribution in [0.25, 0.3) is 0 Å². The number of nitrogens with zero attached hydrogens (tertiary/aromatic N) is 3. The van der Waals surface area contributed by atoms with E-state index in [-0.39, 0.29) is 12.0 Å². The Morgan fingerprint density at radius 2 is 1.90 bits per heavy atom. The van der Waals surface area contributed by atoms with Gasteiger partial charge in [-0.3, -0.25) is 4.79 Å². The Hall–Kier alpha value is -2.83. The van der Waals surface area contributed by atoms with Crippen molar-refractivity contribution in [1.29, 1.82) is 0 Å². The highest BCUT2D eigenvalue weighted by molar-refractivity contribution is 5.93. The lowest BCUT2D eigenvalue weighted by Gasteiger charge is -2.33. The van der Waals surface area contributed by atoms with Crippen LogP contribution in [0.5, 0.6) is 11.5 Å². The molecule has 2 aromatic rings. The fourth-order valence-corrected chi connectivity index (χ4v) is 3.64. The SMILES string of the molecule is CCOc1ccccc1OC1CCCN(c2ncc(C(=O)NC3CCC3)cn2)C1. The first-order chi connectivity index (χ1) is 14.2. The molecule has 1 aromatic heterocycles. The molecule has 1 N–H and O–H groups in total. The van der Waals surface area contributed by atoms with Gasteiger partial charge in [0.25, 0.3) is 5.91 Å². The van der Waals surface area contributed by atoms with Crippen molar-refractivity contribution in [2.24, 2.45) is 0 Å². The van der Waals surface area contributed by atoms with E-state index in [0.717, 1.165) is 43.7 Å². The molecule has 7 nitrogen and oxygen atoms in total. The van der Waals surface area contributed by atoms with E-state index in [1.807, 2.05) is 31.2 Å². The molecule has 1 saturated carbocycles. The number of aromatic nitrogens is 2. The topological polar surface area (TPSA) is 76.6 Å². The lowest BCUT2D eigenvalue weighted by Crippen LogP contribution is -2.42. The Kier molecular flexibility index (Phi) is 6.12. The maximum atomic E-state index is 12.2. The molecule has 1 atom stereocenters. The largest absolute Gasteiger partial charge is 0.490 e. The summed E-state index contributed by atoms with van der Waals surface area (Å²) >= 11 is 0. The predicted molar refractivity (Wildman–Crippen MR) is 111 cm³/mol. The quantitative estimate of drug-likeness (QED) is 0.775. The third-order valence-electron chi connectivity index (χ3n) is 5.44.